The van der Waals surface area contributed by atoms with Crippen molar-refractivity contribution in [3.63, 3.8) is 0 Å². The summed E-state index contributed by atoms with van der Waals surface area (Å²) in [6.07, 6.45) is -3.22. The molecule has 3 aromatic rings. The van der Waals surface area contributed by atoms with Gasteiger partial charge in [-0.15, -0.1) is 0 Å². The van der Waals surface area contributed by atoms with Crippen LogP contribution in [-0.2, 0) is 9.47 Å². The molecule has 2 N–H and O–H groups in total. The summed E-state index contributed by atoms with van der Waals surface area (Å²) in [5, 5.41) is 32.2. The molecule has 1 saturated heterocycles. The van der Waals surface area contributed by atoms with Crippen LogP contribution in [0.5, 0.6) is 0 Å². The Labute approximate surface area is 172 Å². The van der Waals surface area contributed by atoms with Crippen LogP contribution in [0, 0.1) is 10.1 Å². The average molecular weight is 465 g/mol. The van der Waals surface area contributed by atoms with E-state index in [1.54, 1.807) is 30.3 Å². The molecule has 2 aromatic heterocycles. The van der Waals surface area contributed by atoms with Crippen molar-refractivity contribution in [2.45, 2.75) is 30.8 Å². The molecule has 0 amide bonds. The predicted octanol–water partition coefficient (Wildman–Crippen LogP) is -0.769. The maximum absolute atomic E-state index is 11.4. The second-order valence-corrected chi connectivity index (χ2v) is 7.24. The van der Waals surface area contributed by atoms with Gasteiger partial charge in [-0.05, 0) is 0 Å². The summed E-state index contributed by atoms with van der Waals surface area (Å²) in [4.78, 5) is 23.2. The zero-order valence-corrected chi connectivity index (χ0v) is 16.5. The summed E-state index contributed by atoms with van der Waals surface area (Å²) >= 11 is 2.77. The van der Waals surface area contributed by atoms with Crippen LogP contribution in [0.1, 0.15) is 18.0 Å². The molecule has 1 radical (unpaired) electrons. The van der Waals surface area contributed by atoms with Gasteiger partial charge in [0, 0.05) is 0 Å². The molecule has 0 aliphatic carbocycles. The summed E-state index contributed by atoms with van der Waals surface area (Å²) in [6.45, 7) is -0.288. The Hall–Kier alpha value is -2.47. The van der Waals surface area contributed by atoms with Gasteiger partial charge >= 0.3 is 154 Å². The number of rotatable bonds is 6. The van der Waals surface area contributed by atoms with Crippen LogP contribution >= 0.6 is 0 Å². The summed E-state index contributed by atoms with van der Waals surface area (Å²) in [5.41, 5.74) is 1.28. The molecule has 3 heterocycles. The Bertz CT molecular complexity index is 1020. The van der Waals surface area contributed by atoms with E-state index < -0.39 is 35.7 Å². The first kappa shape index (κ1) is 19.8. The molecule has 29 heavy (non-hydrogen) atoms. The fourth-order valence-corrected chi connectivity index (χ4v) is 3.60. The summed E-state index contributed by atoms with van der Waals surface area (Å²) in [7, 11) is 0. The van der Waals surface area contributed by atoms with Gasteiger partial charge in [-0.1, -0.05) is 18.2 Å². The number of nitrogens with zero attached hydrogens (tertiary/aromatic N) is 5. The Balaban J connectivity index is 1.51. The molecule has 0 bridgehead atoms. The van der Waals surface area contributed by atoms with Crippen molar-refractivity contribution in [3.8, 4) is 0 Å². The zero-order chi connectivity index (χ0) is 20.5. The van der Waals surface area contributed by atoms with E-state index in [1.807, 2.05) is 0 Å². The molecule has 1 aliphatic rings. The minimum atomic E-state index is -1.41. The quantitative estimate of drug-likeness (QED) is 0.207. The fourth-order valence-electron chi connectivity index (χ4n) is 3.20. The van der Waals surface area contributed by atoms with E-state index in [1.165, 1.54) is 17.2 Å². The van der Waals surface area contributed by atoms with Gasteiger partial charge in [-0.2, -0.15) is 0 Å². The Morgan fingerprint density at radius 3 is 2.72 bits per heavy atom. The van der Waals surface area contributed by atoms with Crippen molar-refractivity contribution in [1.29, 1.82) is 0 Å². The first-order chi connectivity index (χ1) is 14.0. The molecular formula is C17H16N5O6Se. The van der Waals surface area contributed by atoms with E-state index in [2.05, 4.69) is 31.0 Å². The summed E-state index contributed by atoms with van der Waals surface area (Å²) in [6, 6.07) is 8.23. The molecule has 0 spiro atoms. The molecule has 1 unspecified atom stereocenters. The number of aliphatic hydroxyl groups excluding tert-OH is 2. The van der Waals surface area contributed by atoms with Crippen molar-refractivity contribution in [3.05, 3.63) is 58.7 Å². The smallest absolute Gasteiger partial charge is 0.0622 e. The van der Waals surface area contributed by atoms with Gasteiger partial charge in [0.05, 0.1) is 0 Å². The van der Waals surface area contributed by atoms with E-state index in [-0.39, 0.29) is 6.61 Å². The Kier molecular flexibility index (Phi) is 5.54. The van der Waals surface area contributed by atoms with E-state index in [4.69, 9.17) is 9.47 Å². The third kappa shape index (κ3) is 3.73. The zero-order valence-electron chi connectivity index (χ0n) is 14.8. The third-order valence-electron chi connectivity index (χ3n) is 4.63. The monoisotopic (exact) mass is 466 g/mol. The van der Waals surface area contributed by atoms with Crippen molar-refractivity contribution >= 4 is 31.8 Å². The van der Waals surface area contributed by atoms with Gasteiger partial charge < -0.3 is 0 Å². The summed E-state index contributed by atoms with van der Waals surface area (Å²) < 4.78 is 13.2. The van der Waals surface area contributed by atoms with Gasteiger partial charge in [0.2, 0.25) is 0 Å². The third-order valence-corrected chi connectivity index (χ3v) is 5.26. The average Bonchev–Trinajstić information content (AvgIpc) is 3.26. The van der Waals surface area contributed by atoms with Crippen LogP contribution < -0.4 is 4.59 Å². The van der Waals surface area contributed by atoms with Crippen LogP contribution in [0.3, 0.4) is 0 Å². The number of benzene rings is 1. The number of nitro groups is 1. The first-order valence-corrected chi connectivity index (χ1v) is 9.49. The molecule has 12 heteroatoms. The van der Waals surface area contributed by atoms with Gasteiger partial charge in [-0.25, -0.2) is 0 Å². The topological polar surface area (TPSA) is 146 Å². The van der Waals surface area contributed by atoms with Crippen molar-refractivity contribution in [1.82, 2.24) is 19.5 Å². The number of fused-ring (bicyclic) bond motifs is 1. The second-order valence-electron chi connectivity index (χ2n) is 6.43. The van der Waals surface area contributed by atoms with Crippen LogP contribution in [0.4, 0.5) is 0 Å². The minimum absolute atomic E-state index is 0.288. The summed E-state index contributed by atoms with van der Waals surface area (Å²) in [5.74, 6) is 0. The van der Waals surface area contributed by atoms with E-state index in [0.29, 0.717) is 21.3 Å². The van der Waals surface area contributed by atoms with E-state index in [9.17, 15) is 20.3 Å². The first-order valence-electron chi connectivity index (χ1n) is 8.63. The molecule has 1 fully saturated rings. The van der Waals surface area contributed by atoms with Gasteiger partial charge in [-0.3, -0.25) is 0 Å². The number of imidazole rings is 1. The molecule has 1 aromatic carbocycles. The number of hydrogen-bond donors (Lipinski definition) is 2. The van der Waals surface area contributed by atoms with Crippen molar-refractivity contribution < 1.29 is 24.6 Å². The van der Waals surface area contributed by atoms with Gasteiger partial charge in [0.25, 0.3) is 0 Å². The van der Waals surface area contributed by atoms with E-state index >= 15 is 0 Å². The maximum atomic E-state index is 11.4. The van der Waals surface area contributed by atoms with Gasteiger partial charge in [0.15, 0.2) is 0 Å². The predicted molar refractivity (Wildman–Crippen MR) is 98.8 cm³/mol. The van der Waals surface area contributed by atoms with E-state index in [0.717, 1.165) is 0 Å². The standard InChI is InChI=1S/C17H16N5O6Se/c23-12-10(6-27-16(22(25)26)9-4-2-1-3-5-9)28-17(13(12)24)21-8-20-11-14(21)18-7-19-15(11)29/h1-5,7-8,10,12-13,16-17,23-24H,6H2/t10-,12-,13-,16?,17-/m1/s1. The molecule has 151 valence electrons. The van der Waals surface area contributed by atoms with Crippen molar-refractivity contribution in [2.75, 3.05) is 6.61 Å². The Morgan fingerprint density at radius 1 is 1.24 bits per heavy atom. The van der Waals surface area contributed by atoms with Crippen LogP contribution in [0.15, 0.2) is 43.0 Å². The second kappa shape index (κ2) is 8.11. The minimum Gasteiger partial charge on any atom is -0.0622 e. The SMILES string of the molecule is O=[N+]([O-])C(OC[C@H]1O[C@@H](n2cnc3c([Se])ncnc32)[C@H](O)[C@@H]1O)c1ccccc1. The Morgan fingerprint density at radius 2 is 2.00 bits per heavy atom. The van der Waals surface area contributed by atoms with Crippen LogP contribution in [0.2, 0.25) is 0 Å². The number of hydrogen-bond acceptors (Lipinski definition) is 9. The van der Waals surface area contributed by atoms with Crippen LogP contribution in [0.25, 0.3) is 11.2 Å². The number of aromatic nitrogens is 4. The van der Waals surface area contributed by atoms with Crippen molar-refractivity contribution in [2.24, 2.45) is 0 Å². The van der Waals surface area contributed by atoms with Crippen LogP contribution in [-0.4, -0.2) is 75.6 Å². The fraction of sp³-hybridized carbons (Fsp3) is 0.353. The molecule has 0 saturated carbocycles. The molecule has 5 atom stereocenters. The molecular weight excluding hydrogens is 449 g/mol. The molecule has 4 rings (SSSR count). The molecule has 11 nitrogen and oxygen atoms in total. The van der Waals surface area contributed by atoms with Gasteiger partial charge in [0.1, 0.15) is 0 Å². The normalized spacial score (nSPS) is 25.3. The number of ether oxygens (including phenoxy) is 2. The molecule has 1 aliphatic heterocycles. The number of aliphatic hydroxyl groups is 2.